The van der Waals surface area contributed by atoms with Gasteiger partial charge in [-0.3, -0.25) is 0 Å². The maximum absolute atomic E-state index is 6.05. The molecule has 3 unspecified atom stereocenters. The van der Waals surface area contributed by atoms with E-state index in [0.29, 0.717) is 12.0 Å². The van der Waals surface area contributed by atoms with E-state index in [9.17, 15) is 0 Å². The van der Waals surface area contributed by atoms with Crippen LogP contribution in [0, 0.1) is 11.8 Å². The Labute approximate surface area is 98.7 Å². The van der Waals surface area contributed by atoms with Gasteiger partial charge in [0.05, 0.1) is 5.60 Å². The van der Waals surface area contributed by atoms with Crippen LogP contribution >= 0.6 is 0 Å². The molecule has 2 saturated heterocycles. The second-order valence-corrected chi connectivity index (χ2v) is 5.61. The summed E-state index contributed by atoms with van der Waals surface area (Å²) in [7, 11) is 0. The van der Waals surface area contributed by atoms with Crippen LogP contribution in [-0.2, 0) is 9.47 Å². The highest BCUT2D eigenvalue weighted by molar-refractivity contribution is 4.91. The molecule has 3 nitrogen and oxygen atoms in total. The van der Waals surface area contributed by atoms with Crippen molar-refractivity contribution in [3.05, 3.63) is 0 Å². The zero-order chi connectivity index (χ0) is 11.6. The van der Waals surface area contributed by atoms with Crippen LogP contribution < -0.4 is 5.73 Å². The predicted molar refractivity (Wildman–Crippen MR) is 64.3 cm³/mol. The topological polar surface area (TPSA) is 44.5 Å². The molecule has 2 N–H and O–H groups in total. The van der Waals surface area contributed by atoms with E-state index in [0.717, 1.165) is 38.6 Å². The van der Waals surface area contributed by atoms with E-state index in [4.69, 9.17) is 15.2 Å². The molecule has 2 aliphatic rings. The van der Waals surface area contributed by atoms with Crippen LogP contribution in [-0.4, -0.2) is 31.5 Å². The summed E-state index contributed by atoms with van der Waals surface area (Å²) < 4.78 is 11.5. The third-order valence-corrected chi connectivity index (χ3v) is 4.51. The highest BCUT2D eigenvalue weighted by Crippen LogP contribution is 2.40. The molecule has 16 heavy (non-hydrogen) atoms. The van der Waals surface area contributed by atoms with E-state index in [1.54, 1.807) is 0 Å². The summed E-state index contributed by atoms with van der Waals surface area (Å²) in [4.78, 5) is 0. The second-order valence-electron chi connectivity index (χ2n) is 5.61. The van der Waals surface area contributed by atoms with Gasteiger partial charge in [0.1, 0.15) is 0 Å². The lowest BCUT2D eigenvalue weighted by atomic mass is 9.74. The van der Waals surface area contributed by atoms with Gasteiger partial charge in [-0.05, 0) is 44.4 Å². The maximum atomic E-state index is 6.05. The highest BCUT2D eigenvalue weighted by atomic mass is 16.5. The van der Waals surface area contributed by atoms with E-state index >= 15 is 0 Å². The zero-order valence-corrected chi connectivity index (χ0v) is 10.6. The summed E-state index contributed by atoms with van der Waals surface area (Å²) in [5.41, 5.74) is 6.13. The number of nitrogens with two attached hydrogens (primary N) is 1. The Morgan fingerprint density at radius 1 is 1.19 bits per heavy atom. The minimum absolute atomic E-state index is 0.115. The molecule has 0 amide bonds. The van der Waals surface area contributed by atoms with Gasteiger partial charge in [-0.15, -0.1) is 0 Å². The summed E-state index contributed by atoms with van der Waals surface area (Å²) in [6.45, 7) is 7.03. The summed E-state index contributed by atoms with van der Waals surface area (Å²) >= 11 is 0. The van der Waals surface area contributed by atoms with Crippen molar-refractivity contribution in [2.24, 2.45) is 17.6 Å². The second kappa shape index (κ2) is 5.03. The van der Waals surface area contributed by atoms with E-state index in [2.05, 4.69) is 13.8 Å². The molecule has 2 aliphatic heterocycles. The van der Waals surface area contributed by atoms with Crippen LogP contribution in [0.2, 0.25) is 0 Å². The predicted octanol–water partition coefficient (Wildman–Crippen LogP) is 1.95. The number of hydrogen-bond donors (Lipinski definition) is 1. The van der Waals surface area contributed by atoms with Crippen LogP contribution in [0.3, 0.4) is 0 Å². The largest absolute Gasteiger partial charge is 0.381 e. The molecule has 94 valence electrons. The van der Waals surface area contributed by atoms with Crippen molar-refractivity contribution in [2.45, 2.75) is 51.2 Å². The Balaban J connectivity index is 1.97. The summed E-state index contributed by atoms with van der Waals surface area (Å²) in [6.07, 6.45) is 4.48. The lowest BCUT2D eigenvalue weighted by molar-refractivity contribution is -0.152. The molecule has 0 aromatic carbocycles. The van der Waals surface area contributed by atoms with Crippen LogP contribution in [0.15, 0.2) is 0 Å². The van der Waals surface area contributed by atoms with Crippen LogP contribution in [0.25, 0.3) is 0 Å². The van der Waals surface area contributed by atoms with E-state index in [1.807, 2.05) is 0 Å². The average molecular weight is 227 g/mol. The molecule has 0 radical (unpaired) electrons. The number of ether oxygens (including phenoxy) is 2. The Bertz CT molecular complexity index is 218. The molecule has 0 aromatic rings. The van der Waals surface area contributed by atoms with Crippen molar-refractivity contribution < 1.29 is 9.47 Å². The third-order valence-electron chi connectivity index (χ3n) is 4.51. The fourth-order valence-corrected chi connectivity index (χ4v) is 3.04. The molecular formula is C13H25NO2. The lowest BCUT2D eigenvalue weighted by Crippen LogP contribution is -2.47. The molecule has 2 rings (SSSR count). The number of hydrogen-bond acceptors (Lipinski definition) is 3. The monoisotopic (exact) mass is 227 g/mol. The van der Waals surface area contributed by atoms with E-state index in [1.165, 1.54) is 12.8 Å². The first-order valence-electron chi connectivity index (χ1n) is 6.60. The first-order chi connectivity index (χ1) is 7.63. The quantitative estimate of drug-likeness (QED) is 0.784. The Kier molecular flexibility index (Phi) is 3.88. The van der Waals surface area contributed by atoms with Crippen LogP contribution in [0.4, 0.5) is 0 Å². The summed E-state index contributed by atoms with van der Waals surface area (Å²) in [5, 5.41) is 0. The molecule has 0 saturated carbocycles. The normalized spacial score (nSPS) is 33.6. The first-order valence-corrected chi connectivity index (χ1v) is 6.60. The van der Waals surface area contributed by atoms with Crippen molar-refractivity contribution in [1.29, 1.82) is 0 Å². The van der Waals surface area contributed by atoms with Gasteiger partial charge < -0.3 is 15.2 Å². The maximum Gasteiger partial charge on any atom is 0.0729 e. The van der Waals surface area contributed by atoms with Crippen molar-refractivity contribution >= 4 is 0 Å². The minimum atomic E-state index is 0.115. The zero-order valence-electron chi connectivity index (χ0n) is 10.6. The van der Waals surface area contributed by atoms with Gasteiger partial charge in [0.2, 0.25) is 0 Å². The van der Waals surface area contributed by atoms with Gasteiger partial charge in [-0.1, -0.05) is 6.92 Å². The van der Waals surface area contributed by atoms with Crippen LogP contribution in [0.1, 0.15) is 39.5 Å². The molecule has 1 spiro atoms. The molecule has 3 heteroatoms. The van der Waals surface area contributed by atoms with Crippen molar-refractivity contribution in [3.63, 3.8) is 0 Å². The van der Waals surface area contributed by atoms with Gasteiger partial charge in [0.15, 0.2) is 0 Å². The van der Waals surface area contributed by atoms with Gasteiger partial charge >= 0.3 is 0 Å². The molecular weight excluding hydrogens is 202 g/mol. The molecule has 0 bridgehead atoms. The van der Waals surface area contributed by atoms with Crippen molar-refractivity contribution in [3.8, 4) is 0 Å². The van der Waals surface area contributed by atoms with Crippen molar-refractivity contribution in [1.82, 2.24) is 0 Å². The third kappa shape index (κ3) is 2.58. The SMILES string of the molecule is CC(N)C(C)C1CCOC2(CCOCC2)C1. The highest BCUT2D eigenvalue weighted by Gasteiger charge is 2.40. The molecule has 0 aromatic heterocycles. The summed E-state index contributed by atoms with van der Waals surface area (Å²) in [5.74, 6) is 1.33. The summed E-state index contributed by atoms with van der Waals surface area (Å²) in [6, 6.07) is 0.292. The van der Waals surface area contributed by atoms with Gasteiger partial charge in [0.25, 0.3) is 0 Å². The lowest BCUT2D eigenvalue weighted by Gasteiger charge is -2.45. The van der Waals surface area contributed by atoms with Gasteiger partial charge in [-0.25, -0.2) is 0 Å². The standard InChI is InChI=1S/C13H25NO2/c1-10(11(2)14)12-3-6-16-13(9-12)4-7-15-8-5-13/h10-12H,3-9,14H2,1-2H3. The van der Waals surface area contributed by atoms with E-state index < -0.39 is 0 Å². The van der Waals surface area contributed by atoms with Gasteiger partial charge in [0, 0.05) is 25.9 Å². The molecule has 2 heterocycles. The Morgan fingerprint density at radius 2 is 1.88 bits per heavy atom. The molecule has 0 aliphatic carbocycles. The fraction of sp³-hybridized carbons (Fsp3) is 1.00. The van der Waals surface area contributed by atoms with Crippen molar-refractivity contribution in [2.75, 3.05) is 19.8 Å². The molecule has 2 fully saturated rings. The molecule has 3 atom stereocenters. The fourth-order valence-electron chi connectivity index (χ4n) is 3.04. The average Bonchev–Trinajstić information content (AvgIpc) is 2.29. The van der Waals surface area contributed by atoms with Gasteiger partial charge in [-0.2, -0.15) is 0 Å². The van der Waals surface area contributed by atoms with Crippen LogP contribution in [0.5, 0.6) is 0 Å². The van der Waals surface area contributed by atoms with E-state index in [-0.39, 0.29) is 5.60 Å². The first kappa shape index (κ1) is 12.3. The minimum Gasteiger partial charge on any atom is -0.381 e. The Morgan fingerprint density at radius 3 is 2.50 bits per heavy atom. The number of rotatable bonds is 2. The Hall–Kier alpha value is -0.120. The smallest absolute Gasteiger partial charge is 0.0729 e.